The van der Waals surface area contributed by atoms with E-state index < -0.39 is 0 Å². The van der Waals surface area contributed by atoms with E-state index in [0.29, 0.717) is 0 Å². The number of rotatable bonds is 5. The lowest BCUT2D eigenvalue weighted by molar-refractivity contribution is -0.119. The quantitative estimate of drug-likeness (QED) is 0.793. The normalized spacial score (nSPS) is 14.6. The van der Waals surface area contributed by atoms with Gasteiger partial charge in [0.2, 0.25) is 5.91 Å². The molecule has 0 fully saturated rings. The summed E-state index contributed by atoms with van der Waals surface area (Å²) in [5, 5.41) is 0. The van der Waals surface area contributed by atoms with Gasteiger partial charge in [-0.25, -0.2) is 0 Å². The maximum atomic E-state index is 11.0. The number of carbonyl (C=O) groups excluding carboxylic acids is 1. The molecule has 1 aromatic rings. The van der Waals surface area contributed by atoms with Gasteiger partial charge in [0.05, 0.1) is 12.6 Å². The Morgan fingerprint density at radius 2 is 2.00 bits per heavy atom. The predicted molar refractivity (Wildman–Crippen MR) is 69.4 cm³/mol. The molecular formula is C13H21N3O. The summed E-state index contributed by atoms with van der Waals surface area (Å²) in [6.07, 6.45) is 0. The monoisotopic (exact) mass is 235 g/mol. The molecule has 4 N–H and O–H groups in total. The van der Waals surface area contributed by atoms with Gasteiger partial charge in [-0.2, -0.15) is 0 Å². The van der Waals surface area contributed by atoms with E-state index in [1.54, 1.807) is 0 Å². The van der Waals surface area contributed by atoms with Crippen molar-refractivity contribution in [2.75, 3.05) is 13.6 Å². The van der Waals surface area contributed by atoms with Gasteiger partial charge < -0.3 is 11.5 Å². The Morgan fingerprint density at radius 1 is 1.41 bits per heavy atom. The summed E-state index contributed by atoms with van der Waals surface area (Å²) < 4.78 is 0. The number of likely N-dealkylation sites (N-methyl/N-ethyl adjacent to an activating group) is 1. The van der Waals surface area contributed by atoms with Crippen LogP contribution >= 0.6 is 0 Å². The smallest absolute Gasteiger partial charge is 0.231 e. The van der Waals surface area contributed by atoms with Crippen molar-refractivity contribution in [2.24, 2.45) is 11.5 Å². The van der Waals surface area contributed by atoms with Crippen LogP contribution in [0.5, 0.6) is 0 Å². The number of carbonyl (C=O) groups is 1. The Morgan fingerprint density at radius 3 is 2.47 bits per heavy atom. The van der Waals surface area contributed by atoms with Crippen LogP contribution in [-0.2, 0) is 4.79 Å². The molecule has 4 nitrogen and oxygen atoms in total. The van der Waals surface area contributed by atoms with Gasteiger partial charge in [-0.3, -0.25) is 9.69 Å². The maximum absolute atomic E-state index is 11.0. The first kappa shape index (κ1) is 13.7. The first-order chi connectivity index (χ1) is 7.93. The minimum Gasteiger partial charge on any atom is -0.369 e. The van der Waals surface area contributed by atoms with Crippen LogP contribution in [0, 0.1) is 6.92 Å². The number of nitrogens with two attached hydrogens (primary N) is 2. The lowest BCUT2D eigenvalue weighted by Crippen LogP contribution is -2.41. The van der Waals surface area contributed by atoms with E-state index in [1.807, 2.05) is 50.1 Å². The van der Waals surface area contributed by atoms with Crippen molar-refractivity contribution in [2.45, 2.75) is 25.9 Å². The van der Waals surface area contributed by atoms with Gasteiger partial charge in [0, 0.05) is 6.04 Å². The third kappa shape index (κ3) is 3.54. The zero-order valence-corrected chi connectivity index (χ0v) is 10.7. The Bertz CT molecular complexity index is 390. The molecule has 94 valence electrons. The summed E-state index contributed by atoms with van der Waals surface area (Å²) in [5.41, 5.74) is 13.6. The fourth-order valence-corrected chi connectivity index (χ4v) is 2.18. The second-order valence-electron chi connectivity index (χ2n) is 4.54. The number of amides is 1. The van der Waals surface area contributed by atoms with Crippen molar-refractivity contribution in [3.05, 3.63) is 35.4 Å². The largest absolute Gasteiger partial charge is 0.369 e. The molecule has 1 aromatic carbocycles. The van der Waals surface area contributed by atoms with E-state index in [-0.39, 0.29) is 24.5 Å². The maximum Gasteiger partial charge on any atom is 0.231 e. The molecule has 4 heteroatoms. The minimum atomic E-state index is -0.341. The fourth-order valence-electron chi connectivity index (χ4n) is 2.18. The first-order valence-electron chi connectivity index (χ1n) is 5.73. The molecule has 2 atom stereocenters. The molecule has 0 aliphatic carbocycles. The number of benzene rings is 1. The van der Waals surface area contributed by atoms with Crippen LogP contribution in [0.4, 0.5) is 0 Å². The molecule has 0 saturated carbocycles. The highest BCUT2D eigenvalue weighted by Crippen LogP contribution is 2.24. The van der Waals surface area contributed by atoms with Crippen molar-refractivity contribution >= 4 is 5.91 Å². The van der Waals surface area contributed by atoms with Crippen LogP contribution in [-0.4, -0.2) is 30.4 Å². The van der Waals surface area contributed by atoms with Crippen molar-refractivity contribution in [1.82, 2.24) is 4.90 Å². The summed E-state index contributed by atoms with van der Waals surface area (Å²) in [6.45, 7) is 4.19. The van der Waals surface area contributed by atoms with E-state index in [2.05, 4.69) is 0 Å². The van der Waals surface area contributed by atoms with Crippen molar-refractivity contribution < 1.29 is 4.79 Å². The second kappa shape index (κ2) is 5.80. The summed E-state index contributed by atoms with van der Waals surface area (Å²) in [7, 11) is 1.87. The Balaban J connectivity index is 3.01. The van der Waals surface area contributed by atoms with Crippen LogP contribution in [0.1, 0.15) is 24.1 Å². The Hall–Kier alpha value is -1.39. The molecule has 2 unspecified atom stereocenters. The van der Waals surface area contributed by atoms with Crippen LogP contribution < -0.4 is 11.5 Å². The summed E-state index contributed by atoms with van der Waals surface area (Å²) in [4.78, 5) is 12.9. The van der Waals surface area contributed by atoms with Gasteiger partial charge >= 0.3 is 0 Å². The van der Waals surface area contributed by atoms with Gasteiger partial charge in [0.1, 0.15) is 0 Å². The lowest BCUT2D eigenvalue weighted by atomic mass is 9.95. The highest BCUT2D eigenvalue weighted by molar-refractivity contribution is 5.76. The zero-order chi connectivity index (χ0) is 13.0. The molecule has 1 rings (SSSR count). The Kier molecular flexibility index (Phi) is 4.66. The van der Waals surface area contributed by atoms with Crippen LogP contribution in [0.15, 0.2) is 24.3 Å². The minimum absolute atomic E-state index is 0.00343. The molecular weight excluding hydrogens is 214 g/mol. The summed E-state index contributed by atoms with van der Waals surface area (Å²) in [6, 6.07) is 7.99. The molecule has 17 heavy (non-hydrogen) atoms. The van der Waals surface area contributed by atoms with Crippen molar-refractivity contribution in [1.29, 1.82) is 0 Å². The first-order valence-corrected chi connectivity index (χ1v) is 5.73. The van der Waals surface area contributed by atoms with Crippen LogP contribution in [0.3, 0.4) is 0 Å². The number of primary amides is 1. The third-order valence-corrected chi connectivity index (χ3v) is 2.89. The molecule has 0 aliphatic heterocycles. The van der Waals surface area contributed by atoms with Crippen LogP contribution in [0.25, 0.3) is 0 Å². The highest BCUT2D eigenvalue weighted by Gasteiger charge is 2.23. The Labute approximate surface area is 103 Å². The summed E-state index contributed by atoms with van der Waals surface area (Å²) >= 11 is 0. The average molecular weight is 235 g/mol. The molecule has 0 aromatic heterocycles. The number of nitrogens with zero attached hydrogens (tertiary/aromatic N) is 1. The number of hydrogen-bond donors (Lipinski definition) is 2. The zero-order valence-electron chi connectivity index (χ0n) is 10.7. The van der Waals surface area contributed by atoms with Gasteiger partial charge in [-0.15, -0.1) is 0 Å². The molecule has 0 spiro atoms. The number of aryl methyl sites for hydroxylation is 1. The van der Waals surface area contributed by atoms with E-state index in [9.17, 15) is 4.79 Å². The van der Waals surface area contributed by atoms with Gasteiger partial charge in [-0.1, -0.05) is 24.3 Å². The topological polar surface area (TPSA) is 72.3 Å². The fraction of sp³-hybridized carbons (Fsp3) is 0.462. The van der Waals surface area contributed by atoms with E-state index in [0.717, 1.165) is 5.56 Å². The van der Waals surface area contributed by atoms with Crippen LogP contribution in [0.2, 0.25) is 0 Å². The lowest BCUT2D eigenvalue weighted by Gasteiger charge is -2.31. The molecule has 0 bridgehead atoms. The second-order valence-corrected chi connectivity index (χ2v) is 4.54. The summed E-state index contributed by atoms with van der Waals surface area (Å²) in [5.74, 6) is -0.341. The predicted octanol–water partition coefficient (Wildman–Crippen LogP) is 0.800. The van der Waals surface area contributed by atoms with Crippen molar-refractivity contribution in [3.8, 4) is 0 Å². The molecule has 1 amide bonds. The highest BCUT2D eigenvalue weighted by atomic mass is 16.1. The standard InChI is InChI=1S/C13H21N3O/c1-9-6-4-5-7-11(9)13(10(2)14)16(3)8-12(15)17/h4-7,10,13H,8,14H2,1-3H3,(H2,15,17). The van der Waals surface area contributed by atoms with Gasteiger partial charge in [0.15, 0.2) is 0 Å². The van der Waals surface area contributed by atoms with E-state index in [1.165, 1.54) is 5.56 Å². The molecule has 0 heterocycles. The van der Waals surface area contributed by atoms with Crippen molar-refractivity contribution in [3.63, 3.8) is 0 Å². The third-order valence-electron chi connectivity index (χ3n) is 2.89. The SMILES string of the molecule is Cc1ccccc1C(C(C)N)N(C)CC(N)=O. The van der Waals surface area contributed by atoms with E-state index in [4.69, 9.17) is 11.5 Å². The molecule has 0 saturated heterocycles. The molecule has 0 radical (unpaired) electrons. The van der Waals surface area contributed by atoms with Gasteiger partial charge in [0.25, 0.3) is 0 Å². The molecule has 0 aliphatic rings. The van der Waals surface area contributed by atoms with E-state index >= 15 is 0 Å². The van der Waals surface area contributed by atoms with Gasteiger partial charge in [-0.05, 0) is 32.0 Å². The average Bonchev–Trinajstić information content (AvgIpc) is 2.19. The number of hydrogen-bond acceptors (Lipinski definition) is 3.